The second kappa shape index (κ2) is 7.51. The predicted octanol–water partition coefficient (Wildman–Crippen LogP) is 6.80. The minimum absolute atomic E-state index is 0.290. The number of imide groups is 1. The zero-order valence-corrected chi connectivity index (χ0v) is 16.9. The van der Waals surface area contributed by atoms with E-state index < -0.39 is 0 Å². The molecule has 28 heavy (non-hydrogen) atoms. The van der Waals surface area contributed by atoms with Crippen molar-refractivity contribution in [1.82, 2.24) is 0 Å². The summed E-state index contributed by atoms with van der Waals surface area (Å²) in [7, 11) is 0. The van der Waals surface area contributed by atoms with Crippen molar-refractivity contribution in [2.45, 2.75) is 6.92 Å². The van der Waals surface area contributed by atoms with Gasteiger partial charge in [0.15, 0.2) is 0 Å². The highest BCUT2D eigenvalue weighted by Gasteiger charge is 2.36. The predicted molar refractivity (Wildman–Crippen MR) is 114 cm³/mol. The van der Waals surface area contributed by atoms with E-state index >= 15 is 0 Å². The summed E-state index contributed by atoms with van der Waals surface area (Å²) in [5.74, 6) is 0.537. The first kappa shape index (κ1) is 18.9. The van der Waals surface area contributed by atoms with Crippen molar-refractivity contribution in [2.24, 2.45) is 0 Å². The van der Waals surface area contributed by atoms with Crippen molar-refractivity contribution in [3.8, 4) is 11.3 Å². The van der Waals surface area contributed by atoms with Gasteiger partial charge in [0.2, 0.25) is 0 Å². The lowest BCUT2D eigenvalue weighted by atomic mass is 10.2. The maximum atomic E-state index is 12.7. The Hall–Kier alpha value is -2.47. The van der Waals surface area contributed by atoms with Crippen molar-refractivity contribution in [3.63, 3.8) is 0 Å². The number of anilines is 1. The van der Waals surface area contributed by atoms with Crippen LogP contribution in [0.2, 0.25) is 10.0 Å². The summed E-state index contributed by atoms with van der Waals surface area (Å²) in [6, 6.07) is 15.9. The molecule has 1 saturated heterocycles. The summed E-state index contributed by atoms with van der Waals surface area (Å²) in [6.45, 7) is 1.91. The van der Waals surface area contributed by atoms with Crippen LogP contribution in [0.15, 0.2) is 63.9 Å². The van der Waals surface area contributed by atoms with Gasteiger partial charge in [0, 0.05) is 6.08 Å². The Balaban J connectivity index is 1.65. The van der Waals surface area contributed by atoms with Crippen LogP contribution in [0.1, 0.15) is 11.3 Å². The van der Waals surface area contributed by atoms with E-state index in [9.17, 15) is 9.59 Å². The average Bonchev–Trinajstić information content (AvgIpc) is 3.20. The van der Waals surface area contributed by atoms with Crippen LogP contribution in [0.4, 0.5) is 10.5 Å². The summed E-state index contributed by atoms with van der Waals surface area (Å²) < 4.78 is 5.80. The lowest BCUT2D eigenvalue weighted by Crippen LogP contribution is -2.27. The molecular formula is C21H13Cl2NO3S. The van der Waals surface area contributed by atoms with Gasteiger partial charge < -0.3 is 4.42 Å². The summed E-state index contributed by atoms with van der Waals surface area (Å²) in [5, 5.41) is 0.587. The third-order valence-electron chi connectivity index (χ3n) is 4.16. The van der Waals surface area contributed by atoms with Crippen molar-refractivity contribution >= 4 is 57.9 Å². The van der Waals surface area contributed by atoms with Gasteiger partial charge in [0.25, 0.3) is 11.1 Å². The molecule has 140 valence electrons. The van der Waals surface area contributed by atoms with Gasteiger partial charge >= 0.3 is 0 Å². The monoisotopic (exact) mass is 429 g/mol. The molecular weight excluding hydrogens is 417 g/mol. The molecule has 4 rings (SSSR count). The van der Waals surface area contributed by atoms with Crippen LogP contribution in [-0.4, -0.2) is 11.1 Å². The maximum Gasteiger partial charge on any atom is 0.298 e. The number of aryl methyl sites for hydroxylation is 1. The number of furan rings is 1. The smallest absolute Gasteiger partial charge is 0.298 e. The Bertz CT molecular complexity index is 1120. The van der Waals surface area contributed by atoms with Gasteiger partial charge in [-0.05, 0) is 60.6 Å². The van der Waals surface area contributed by atoms with Crippen LogP contribution < -0.4 is 4.90 Å². The summed E-state index contributed by atoms with van der Waals surface area (Å²) >= 11 is 13.3. The highest BCUT2D eigenvalue weighted by atomic mass is 35.5. The minimum atomic E-state index is -0.380. The number of benzene rings is 2. The summed E-state index contributed by atoms with van der Waals surface area (Å²) in [4.78, 5) is 26.6. The quantitative estimate of drug-likeness (QED) is 0.429. The third kappa shape index (κ3) is 3.49. The molecule has 2 amide bonds. The topological polar surface area (TPSA) is 50.5 Å². The van der Waals surface area contributed by atoms with Crippen LogP contribution in [0.3, 0.4) is 0 Å². The molecule has 4 nitrogen and oxygen atoms in total. The largest absolute Gasteiger partial charge is 0.457 e. The Kier molecular flexibility index (Phi) is 5.06. The van der Waals surface area contributed by atoms with Gasteiger partial charge in [-0.15, -0.1) is 0 Å². The van der Waals surface area contributed by atoms with Gasteiger partial charge in [-0.25, -0.2) is 4.90 Å². The lowest BCUT2D eigenvalue weighted by Gasteiger charge is -2.12. The van der Waals surface area contributed by atoms with E-state index in [0.29, 0.717) is 32.8 Å². The molecule has 0 radical (unpaired) electrons. The van der Waals surface area contributed by atoms with Crippen LogP contribution in [0.25, 0.3) is 17.4 Å². The maximum absolute atomic E-state index is 12.7. The van der Waals surface area contributed by atoms with Gasteiger partial charge in [-0.2, -0.15) is 0 Å². The first-order chi connectivity index (χ1) is 13.4. The van der Waals surface area contributed by atoms with Crippen molar-refractivity contribution < 1.29 is 14.0 Å². The molecule has 1 aliphatic rings. The van der Waals surface area contributed by atoms with E-state index in [4.69, 9.17) is 27.6 Å². The molecule has 0 unspecified atom stereocenters. The Morgan fingerprint density at radius 3 is 2.43 bits per heavy atom. The number of carbonyl (C=O) groups is 2. The summed E-state index contributed by atoms with van der Waals surface area (Å²) in [6.07, 6.45) is 1.55. The van der Waals surface area contributed by atoms with Crippen LogP contribution in [0.5, 0.6) is 0 Å². The highest BCUT2D eigenvalue weighted by Crippen LogP contribution is 2.38. The molecule has 0 N–H and O–H groups in total. The zero-order chi connectivity index (χ0) is 19.8. The molecule has 1 aliphatic heterocycles. The highest BCUT2D eigenvalue weighted by molar-refractivity contribution is 8.19. The number of thioether (sulfide) groups is 1. The van der Waals surface area contributed by atoms with Crippen LogP contribution in [-0.2, 0) is 4.79 Å². The normalized spacial score (nSPS) is 15.7. The van der Waals surface area contributed by atoms with Gasteiger partial charge in [-0.1, -0.05) is 41.4 Å². The van der Waals surface area contributed by atoms with Gasteiger partial charge in [0.05, 0.1) is 26.2 Å². The van der Waals surface area contributed by atoms with Crippen LogP contribution in [0, 0.1) is 6.92 Å². The number of nitrogens with zero attached hydrogens (tertiary/aromatic N) is 1. The standard InChI is InChI=1S/C21H13Cl2NO3S/c1-12-4-2-5-13(10-12)24-20(25)18(28-21(24)26)11-14-8-9-17(27-14)19-15(22)6-3-7-16(19)23/h2-11H,1H3/b18-11+. The van der Waals surface area contributed by atoms with Gasteiger partial charge in [0.1, 0.15) is 11.5 Å². The number of rotatable bonds is 3. The fourth-order valence-corrected chi connectivity index (χ4v) is 4.29. The SMILES string of the molecule is Cc1cccc(N2C(=O)S/C(=C/c3ccc(-c4c(Cl)cccc4Cl)o3)C2=O)c1. The molecule has 0 bridgehead atoms. The number of carbonyl (C=O) groups excluding carboxylic acids is 2. The van der Waals surface area contributed by atoms with Crippen molar-refractivity contribution in [3.05, 3.63) is 80.9 Å². The molecule has 7 heteroatoms. The Morgan fingerprint density at radius 2 is 1.71 bits per heavy atom. The Morgan fingerprint density at radius 1 is 1.00 bits per heavy atom. The molecule has 2 heterocycles. The number of halogens is 2. The molecule has 1 fully saturated rings. The molecule has 2 aromatic carbocycles. The van der Waals surface area contributed by atoms with E-state index in [2.05, 4.69) is 0 Å². The van der Waals surface area contributed by atoms with E-state index in [0.717, 1.165) is 22.2 Å². The second-order valence-electron chi connectivity index (χ2n) is 6.15. The second-order valence-corrected chi connectivity index (χ2v) is 7.96. The lowest BCUT2D eigenvalue weighted by molar-refractivity contribution is -0.113. The third-order valence-corrected chi connectivity index (χ3v) is 5.66. The molecule has 0 atom stereocenters. The molecule has 0 saturated carbocycles. The van der Waals surface area contributed by atoms with E-state index in [1.165, 1.54) is 0 Å². The minimum Gasteiger partial charge on any atom is -0.457 e. The van der Waals surface area contributed by atoms with Gasteiger partial charge in [-0.3, -0.25) is 9.59 Å². The van der Waals surface area contributed by atoms with Crippen molar-refractivity contribution in [2.75, 3.05) is 4.90 Å². The molecule has 0 aliphatic carbocycles. The number of hydrogen-bond acceptors (Lipinski definition) is 4. The summed E-state index contributed by atoms with van der Waals surface area (Å²) in [5.41, 5.74) is 2.10. The average molecular weight is 430 g/mol. The molecule has 0 spiro atoms. The van der Waals surface area contributed by atoms with Crippen molar-refractivity contribution in [1.29, 1.82) is 0 Å². The Labute approximate surface area is 175 Å². The van der Waals surface area contributed by atoms with E-state index in [-0.39, 0.29) is 16.1 Å². The fourth-order valence-electron chi connectivity index (χ4n) is 2.88. The fraction of sp³-hybridized carbons (Fsp3) is 0.0476. The molecule has 3 aromatic rings. The number of amides is 2. The van der Waals surface area contributed by atoms with E-state index in [1.54, 1.807) is 48.5 Å². The van der Waals surface area contributed by atoms with E-state index in [1.807, 2.05) is 19.1 Å². The first-order valence-electron chi connectivity index (χ1n) is 8.33. The van der Waals surface area contributed by atoms with Crippen LogP contribution >= 0.6 is 35.0 Å². The molecule has 1 aromatic heterocycles. The number of hydrogen-bond donors (Lipinski definition) is 0. The zero-order valence-electron chi connectivity index (χ0n) is 14.6. The first-order valence-corrected chi connectivity index (χ1v) is 9.90.